The Kier molecular flexibility index (Phi) is 7.17. The third kappa shape index (κ3) is 6.06. The van der Waals surface area contributed by atoms with Crippen LogP contribution in [0.15, 0.2) is 81.3 Å². The molecule has 0 atom stereocenters. The van der Waals surface area contributed by atoms with Gasteiger partial charge in [0.05, 0.1) is 17.8 Å². The van der Waals surface area contributed by atoms with Gasteiger partial charge in [0.1, 0.15) is 11.3 Å². The number of aromatic nitrogens is 1. The van der Waals surface area contributed by atoms with Crippen molar-refractivity contribution < 1.29 is 22.4 Å². The Morgan fingerprint density at radius 2 is 1.71 bits per heavy atom. The van der Waals surface area contributed by atoms with E-state index in [1.807, 2.05) is 43.3 Å². The first-order valence-corrected chi connectivity index (χ1v) is 13.0. The molecule has 4 aromatic rings. The fourth-order valence-corrected chi connectivity index (χ4v) is 4.87. The Labute approximate surface area is 207 Å². The lowest BCUT2D eigenvalue weighted by atomic mass is 10.2. The van der Waals surface area contributed by atoms with Crippen LogP contribution in [0, 0.1) is 0 Å². The molecule has 0 aliphatic rings. The summed E-state index contributed by atoms with van der Waals surface area (Å²) in [4.78, 5) is 18.7. The first-order valence-electron chi connectivity index (χ1n) is 10.5. The number of methoxy groups -OCH3 is 1. The normalized spacial score (nSPS) is 11.3. The number of carbonyl (C=O) groups is 1. The van der Waals surface area contributed by atoms with Crippen LogP contribution in [0.2, 0.25) is 0 Å². The number of sulfonamides is 1. The molecule has 0 fully saturated rings. The molecule has 2 N–H and O–H groups in total. The molecule has 0 bridgehead atoms. The van der Waals surface area contributed by atoms with Crippen molar-refractivity contribution in [3.8, 4) is 5.75 Å². The molecular formula is C24H24N4O5S2. The number of nitrogens with one attached hydrogen (secondary N) is 2. The van der Waals surface area contributed by atoms with Crippen LogP contribution in [-0.4, -0.2) is 46.3 Å². The molecule has 0 unspecified atom stereocenters. The van der Waals surface area contributed by atoms with E-state index in [0.717, 1.165) is 17.4 Å². The van der Waals surface area contributed by atoms with Crippen LogP contribution in [0.25, 0.3) is 11.1 Å². The van der Waals surface area contributed by atoms with E-state index in [9.17, 15) is 13.2 Å². The van der Waals surface area contributed by atoms with Gasteiger partial charge in [-0.2, -0.15) is 0 Å². The maximum Gasteiger partial charge on any atom is 0.261 e. The predicted octanol–water partition coefficient (Wildman–Crippen LogP) is 4.43. The van der Waals surface area contributed by atoms with E-state index in [1.165, 1.54) is 19.2 Å². The molecule has 0 spiro atoms. The van der Waals surface area contributed by atoms with Gasteiger partial charge in [-0.25, -0.2) is 13.4 Å². The Morgan fingerprint density at radius 3 is 2.37 bits per heavy atom. The zero-order chi connectivity index (χ0) is 25.0. The molecule has 182 valence electrons. The van der Waals surface area contributed by atoms with Crippen molar-refractivity contribution in [2.45, 2.75) is 10.1 Å². The Bertz CT molecular complexity index is 1430. The average Bonchev–Trinajstić information content (AvgIpc) is 3.26. The van der Waals surface area contributed by atoms with Crippen LogP contribution in [0.1, 0.15) is 0 Å². The Hall–Kier alpha value is -3.70. The minimum absolute atomic E-state index is 0.0459. The fraction of sp³-hybridized carbons (Fsp3) is 0.167. The van der Waals surface area contributed by atoms with Gasteiger partial charge in [0, 0.05) is 31.2 Å². The summed E-state index contributed by atoms with van der Waals surface area (Å²) in [5, 5.41) is 3.10. The second-order valence-corrected chi connectivity index (χ2v) is 10.3. The molecule has 1 aromatic heterocycles. The highest BCUT2D eigenvalue weighted by molar-refractivity contribution is 7.99. The summed E-state index contributed by atoms with van der Waals surface area (Å²) in [7, 11) is 1.60. The van der Waals surface area contributed by atoms with E-state index in [-0.39, 0.29) is 21.8 Å². The van der Waals surface area contributed by atoms with Gasteiger partial charge in [-0.1, -0.05) is 11.8 Å². The lowest BCUT2D eigenvalue weighted by Crippen LogP contribution is -2.14. The number of ether oxygens (including phenoxy) is 1. The standard InChI is InChI=1S/C24H24N4O5S2/c1-28(2)18-8-4-16(5-9-18)25-23(29)15-34-24-26-21-14-20(12-13-22(21)33-24)35(30,31)27-17-6-10-19(32-3)11-7-17/h4-14,27H,15H2,1-3H3,(H,25,29). The molecule has 1 amide bonds. The molecule has 0 aliphatic heterocycles. The van der Waals surface area contributed by atoms with Crippen LogP contribution >= 0.6 is 11.8 Å². The second-order valence-electron chi connectivity index (χ2n) is 7.72. The lowest BCUT2D eigenvalue weighted by Gasteiger charge is -2.12. The van der Waals surface area contributed by atoms with Gasteiger partial charge >= 0.3 is 0 Å². The summed E-state index contributed by atoms with van der Waals surface area (Å²) in [6.45, 7) is 0. The molecule has 3 aromatic carbocycles. The quantitative estimate of drug-likeness (QED) is 0.317. The van der Waals surface area contributed by atoms with Crippen LogP contribution < -0.4 is 19.7 Å². The maximum absolute atomic E-state index is 12.8. The van der Waals surface area contributed by atoms with Gasteiger partial charge in [0.25, 0.3) is 15.2 Å². The first-order chi connectivity index (χ1) is 16.7. The van der Waals surface area contributed by atoms with Gasteiger partial charge in [0.2, 0.25) is 5.91 Å². The van der Waals surface area contributed by atoms with E-state index < -0.39 is 10.0 Å². The number of benzene rings is 3. The summed E-state index contributed by atoms with van der Waals surface area (Å²) in [5.74, 6) is 0.506. The molecule has 0 saturated heterocycles. The molecular weight excluding hydrogens is 488 g/mol. The third-order valence-electron chi connectivity index (χ3n) is 4.99. The molecule has 9 nitrogen and oxygen atoms in total. The van der Waals surface area contributed by atoms with Gasteiger partial charge in [-0.15, -0.1) is 0 Å². The summed E-state index contributed by atoms with van der Waals surface area (Å²) in [5.41, 5.74) is 2.94. The average molecular weight is 513 g/mol. The van der Waals surface area contributed by atoms with E-state index in [0.29, 0.717) is 28.2 Å². The predicted molar refractivity (Wildman–Crippen MR) is 138 cm³/mol. The fourth-order valence-electron chi connectivity index (χ4n) is 3.16. The van der Waals surface area contributed by atoms with Crippen molar-refractivity contribution in [3.63, 3.8) is 0 Å². The zero-order valence-electron chi connectivity index (χ0n) is 19.3. The minimum atomic E-state index is -3.83. The largest absolute Gasteiger partial charge is 0.497 e. The van der Waals surface area contributed by atoms with Crippen LogP contribution in [0.3, 0.4) is 0 Å². The highest BCUT2D eigenvalue weighted by atomic mass is 32.2. The Balaban J connectivity index is 1.40. The number of anilines is 3. The van der Waals surface area contributed by atoms with Crippen molar-refractivity contribution in [1.29, 1.82) is 0 Å². The summed E-state index contributed by atoms with van der Waals surface area (Å²) in [6.07, 6.45) is 0. The summed E-state index contributed by atoms with van der Waals surface area (Å²) in [6, 6.07) is 18.5. The van der Waals surface area contributed by atoms with E-state index in [4.69, 9.17) is 9.15 Å². The van der Waals surface area contributed by atoms with E-state index in [2.05, 4.69) is 15.0 Å². The number of amides is 1. The van der Waals surface area contributed by atoms with Crippen LogP contribution in [-0.2, 0) is 14.8 Å². The minimum Gasteiger partial charge on any atom is -0.497 e. The van der Waals surface area contributed by atoms with Gasteiger partial charge in [0.15, 0.2) is 5.58 Å². The van der Waals surface area contributed by atoms with Crippen molar-refractivity contribution in [2.75, 3.05) is 41.9 Å². The number of hydrogen-bond acceptors (Lipinski definition) is 8. The number of fused-ring (bicyclic) bond motifs is 1. The monoisotopic (exact) mass is 512 g/mol. The van der Waals surface area contributed by atoms with Crippen molar-refractivity contribution >= 4 is 55.9 Å². The van der Waals surface area contributed by atoms with Gasteiger partial charge in [-0.05, 0) is 66.7 Å². The van der Waals surface area contributed by atoms with Gasteiger partial charge in [-0.3, -0.25) is 9.52 Å². The second kappa shape index (κ2) is 10.3. The molecule has 35 heavy (non-hydrogen) atoms. The SMILES string of the molecule is COc1ccc(NS(=O)(=O)c2ccc3oc(SCC(=O)Nc4ccc(N(C)C)cc4)nc3c2)cc1. The number of carbonyl (C=O) groups excluding carboxylic acids is 1. The highest BCUT2D eigenvalue weighted by Gasteiger charge is 2.17. The molecule has 4 rings (SSSR count). The lowest BCUT2D eigenvalue weighted by molar-refractivity contribution is -0.113. The smallest absolute Gasteiger partial charge is 0.261 e. The number of nitrogens with zero attached hydrogens (tertiary/aromatic N) is 2. The summed E-state index contributed by atoms with van der Waals surface area (Å²) >= 11 is 1.13. The number of oxazole rings is 1. The zero-order valence-corrected chi connectivity index (χ0v) is 20.9. The number of hydrogen-bond donors (Lipinski definition) is 2. The van der Waals surface area contributed by atoms with Crippen molar-refractivity contribution in [3.05, 3.63) is 66.7 Å². The molecule has 1 heterocycles. The van der Waals surface area contributed by atoms with E-state index in [1.54, 1.807) is 30.3 Å². The summed E-state index contributed by atoms with van der Waals surface area (Å²) < 4.78 is 38.9. The third-order valence-corrected chi connectivity index (χ3v) is 7.19. The Morgan fingerprint density at radius 1 is 1.03 bits per heavy atom. The number of thioether (sulfide) groups is 1. The first kappa shape index (κ1) is 24.4. The molecule has 0 saturated carbocycles. The van der Waals surface area contributed by atoms with Gasteiger partial charge < -0.3 is 19.4 Å². The maximum atomic E-state index is 12.8. The number of rotatable bonds is 9. The highest BCUT2D eigenvalue weighted by Crippen LogP contribution is 2.27. The van der Waals surface area contributed by atoms with E-state index >= 15 is 0 Å². The van der Waals surface area contributed by atoms with Crippen molar-refractivity contribution in [2.24, 2.45) is 0 Å². The molecule has 0 radical (unpaired) electrons. The van der Waals surface area contributed by atoms with Crippen LogP contribution in [0.4, 0.5) is 17.1 Å². The molecule has 11 heteroatoms. The topological polar surface area (TPSA) is 114 Å². The van der Waals surface area contributed by atoms with Crippen molar-refractivity contribution in [1.82, 2.24) is 4.98 Å². The van der Waals surface area contributed by atoms with Crippen LogP contribution in [0.5, 0.6) is 5.75 Å². The molecule has 0 aliphatic carbocycles.